The van der Waals surface area contributed by atoms with Crippen LogP contribution in [0.3, 0.4) is 0 Å². The number of amides is 1. The van der Waals surface area contributed by atoms with Crippen LogP contribution in [0, 0.1) is 6.92 Å². The summed E-state index contributed by atoms with van der Waals surface area (Å²) in [6.45, 7) is 4.63. The van der Waals surface area contributed by atoms with E-state index in [1.807, 2.05) is 0 Å². The molecule has 1 aromatic heterocycles. The predicted octanol–water partition coefficient (Wildman–Crippen LogP) is 0.735. The summed E-state index contributed by atoms with van der Waals surface area (Å²) in [5, 5.41) is 13.4. The highest BCUT2D eigenvalue weighted by atomic mass is 16.5. The quantitative estimate of drug-likeness (QED) is 0.860. The third-order valence-electron chi connectivity index (χ3n) is 3.14. The lowest BCUT2D eigenvalue weighted by Crippen LogP contribution is -2.46. The minimum absolute atomic E-state index is 0.0475. The van der Waals surface area contributed by atoms with Gasteiger partial charge in [-0.3, -0.25) is 4.79 Å². The molecule has 2 rings (SSSR count). The van der Waals surface area contributed by atoms with Gasteiger partial charge in [0.15, 0.2) is 6.61 Å². The van der Waals surface area contributed by atoms with Gasteiger partial charge in [-0.05, 0) is 31.8 Å². The maximum atomic E-state index is 11.9. The van der Waals surface area contributed by atoms with Gasteiger partial charge >= 0.3 is 0 Å². The van der Waals surface area contributed by atoms with Gasteiger partial charge in [0.05, 0.1) is 5.60 Å². The summed E-state index contributed by atoms with van der Waals surface area (Å²) in [4.78, 5) is 13.5. The van der Waals surface area contributed by atoms with Crippen molar-refractivity contribution in [3.05, 3.63) is 11.8 Å². The van der Waals surface area contributed by atoms with Crippen molar-refractivity contribution in [1.29, 1.82) is 0 Å². The number of hydrogen-bond acceptors (Lipinski definition) is 5. The molecule has 18 heavy (non-hydrogen) atoms. The van der Waals surface area contributed by atoms with E-state index in [1.165, 1.54) is 0 Å². The summed E-state index contributed by atoms with van der Waals surface area (Å²) in [6, 6.07) is 1.63. The molecule has 0 spiro atoms. The molecule has 1 N–H and O–H groups in total. The third-order valence-corrected chi connectivity index (χ3v) is 3.14. The van der Waals surface area contributed by atoms with Crippen LogP contribution in [0.15, 0.2) is 10.6 Å². The summed E-state index contributed by atoms with van der Waals surface area (Å²) in [7, 11) is 0. The molecule has 6 nitrogen and oxygen atoms in total. The zero-order valence-corrected chi connectivity index (χ0v) is 10.7. The number of carbonyl (C=O) groups is 1. The van der Waals surface area contributed by atoms with Crippen molar-refractivity contribution in [3.63, 3.8) is 0 Å². The molecule has 0 unspecified atom stereocenters. The van der Waals surface area contributed by atoms with Gasteiger partial charge in [0.1, 0.15) is 5.76 Å². The van der Waals surface area contributed by atoms with Crippen LogP contribution in [0.2, 0.25) is 0 Å². The first-order valence-electron chi connectivity index (χ1n) is 6.02. The molecule has 1 aliphatic rings. The molecular formula is C12H18N2O4. The van der Waals surface area contributed by atoms with Crippen LogP contribution in [0.1, 0.15) is 25.5 Å². The molecule has 2 heterocycles. The van der Waals surface area contributed by atoms with Gasteiger partial charge in [0.25, 0.3) is 11.8 Å². The highest BCUT2D eigenvalue weighted by Gasteiger charge is 2.29. The number of aromatic nitrogens is 1. The molecular weight excluding hydrogens is 236 g/mol. The van der Waals surface area contributed by atoms with E-state index in [4.69, 9.17) is 9.26 Å². The van der Waals surface area contributed by atoms with E-state index in [1.54, 1.807) is 24.8 Å². The summed E-state index contributed by atoms with van der Waals surface area (Å²) in [5.41, 5.74) is -0.652. The highest BCUT2D eigenvalue weighted by Crippen LogP contribution is 2.21. The van der Waals surface area contributed by atoms with Crippen molar-refractivity contribution < 1.29 is 19.2 Å². The average Bonchev–Trinajstić information content (AvgIpc) is 2.72. The fourth-order valence-corrected chi connectivity index (χ4v) is 1.88. The first kappa shape index (κ1) is 12.9. The van der Waals surface area contributed by atoms with E-state index < -0.39 is 5.60 Å². The molecule has 0 aliphatic carbocycles. The smallest absolute Gasteiger partial charge is 0.260 e. The van der Waals surface area contributed by atoms with Crippen LogP contribution >= 0.6 is 0 Å². The number of carbonyl (C=O) groups excluding carboxylic acids is 1. The standard InChI is InChI=1S/C12H18N2O4/c1-9-7-10(13-18-9)17-8-11(15)14-5-3-12(2,16)4-6-14/h7,16H,3-6,8H2,1-2H3. The van der Waals surface area contributed by atoms with Crippen molar-refractivity contribution in [3.8, 4) is 5.88 Å². The van der Waals surface area contributed by atoms with Crippen LogP contribution in [0.4, 0.5) is 0 Å². The number of aryl methyl sites for hydroxylation is 1. The molecule has 0 atom stereocenters. The lowest BCUT2D eigenvalue weighted by molar-refractivity contribution is -0.137. The zero-order chi connectivity index (χ0) is 13.2. The number of hydrogen-bond donors (Lipinski definition) is 1. The number of aliphatic hydroxyl groups is 1. The molecule has 1 fully saturated rings. The number of likely N-dealkylation sites (tertiary alicyclic amines) is 1. The Kier molecular flexibility index (Phi) is 3.56. The molecule has 0 radical (unpaired) electrons. The van der Waals surface area contributed by atoms with E-state index in [2.05, 4.69) is 5.16 Å². The van der Waals surface area contributed by atoms with E-state index in [0.717, 1.165) is 0 Å². The van der Waals surface area contributed by atoms with Gasteiger partial charge in [0, 0.05) is 19.2 Å². The second kappa shape index (κ2) is 4.97. The van der Waals surface area contributed by atoms with Crippen molar-refractivity contribution in [2.75, 3.05) is 19.7 Å². The molecule has 6 heteroatoms. The van der Waals surface area contributed by atoms with Gasteiger partial charge in [-0.1, -0.05) is 0 Å². The number of rotatable bonds is 3. The SMILES string of the molecule is Cc1cc(OCC(=O)N2CCC(C)(O)CC2)no1. The number of nitrogens with zero attached hydrogens (tertiary/aromatic N) is 2. The van der Waals surface area contributed by atoms with Crippen LogP contribution in [0.5, 0.6) is 5.88 Å². The van der Waals surface area contributed by atoms with Gasteiger partial charge in [-0.15, -0.1) is 0 Å². The monoisotopic (exact) mass is 254 g/mol. The van der Waals surface area contributed by atoms with Gasteiger partial charge in [0.2, 0.25) is 0 Å². The average molecular weight is 254 g/mol. The molecule has 100 valence electrons. The Morgan fingerprint density at radius 2 is 2.28 bits per heavy atom. The minimum Gasteiger partial charge on any atom is -0.465 e. The molecule has 0 saturated carbocycles. The first-order valence-corrected chi connectivity index (χ1v) is 6.02. The largest absolute Gasteiger partial charge is 0.465 e. The van der Waals surface area contributed by atoms with Gasteiger partial charge < -0.3 is 19.3 Å². The highest BCUT2D eigenvalue weighted by molar-refractivity contribution is 5.77. The third kappa shape index (κ3) is 3.22. The Hall–Kier alpha value is -1.56. The van der Waals surface area contributed by atoms with Crippen molar-refractivity contribution in [1.82, 2.24) is 10.1 Å². The van der Waals surface area contributed by atoms with Crippen molar-refractivity contribution >= 4 is 5.91 Å². The molecule has 0 bridgehead atoms. The minimum atomic E-state index is -0.652. The Bertz CT molecular complexity index is 417. The molecule has 0 aromatic carbocycles. The number of piperidine rings is 1. The Morgan fingerprint density at radius 1 is 1.61 bits per heavy atom. The fourth-order valence-electron chi connectivity index (χ4n) is 1.88. The second-order valence-corrected chi connectivity index (χ2v) is 4.94. The first-order chi connectivity index (χ1) is 8.46. The maximum absolute atomic E-state index is 11.9. The lowest BCUT2D eigenvalue weighted by Gasteiger charge is -2.35. The molecule has 1 saturated heterocycles. The van der Waals surface area contributed by atoms with Gasteiger partial charge in [-0.25, -0.2) is 0 Å². The van der Waals surface area contributed by atoms with Gasteiger partial charge in [-0.2, -0.15) is 0 Å². The topological polar surface area (TPSA) is 75.8 Å². The molecule has 1 aliphatic heterocycles. The zero-order valence-electron chi connectivity index (χ0n) is 10.7. The van der Waals surface area contributed by atoms with Crippen LogP contribution < -0.4 is 4.74 Å². The van der Waals surface area contributed by atoms with Crippen LogP contribution in [-0.4, -0.2) is 46.4 Å². The maximum Gasteiger partial charge on any atom is 0.260 e. The Morgan fingerprint density at radius 3 is 2.83 bits per heavy atom. The fraction of sp³-hybridized carbons (Fsp3) is 0.667. The van der Waals surface area contributed by atoms with Crippen LogP contribution in [-0.2, 0) is 4.79 Å². The lowest BCUT2D eigenvalue weighted by atomic mass is 9.94. The Labute approximate surface area is 106 Å². The molecule has 1 amide bonds. The normalized spacial score (nSPS) is 18.7. The number of ether oxygens (including phenoxy) is 1. The van der Waals surface area contributed by atoms with E-state index in [9.17, 15) is 9.90 Å². The van der Waals surface area contributed by atoms with E-state index in [-0.39, 0.29) is 12.5 Å². The van der Waals surface area contributed by atoms with Crippen molar-refractivity contribution in [2.24, 2.45) is 0 Å². The van der Waals surface area contributed by atoms with E-state index >= 15 is 0 Å². The summed E-state index contributed by atoms with van der Waals surface area (Å²) >= 11 is 0. The van der Waals surface area contributed by atoms with Crippen LogP contribution in [0.25, 0.3) is 0 Å². The second-order valence-electron chi connectivity index (χ2n) is 4.94. The molecule has 1 aromatic rings. The summed E-state index contributed by atoms with van der Waals surface area (Å²) in [5.74, 6) is 0.877. The van der Waals surface area contributed by atoms with E-state index in [0.29, 0.717) is 37.6 Å². The van der Waals surface area contributed by atoms with Crippen molar-refractivity contribution in [2.45, 2.75) is 32.3 Å². The Balaban J connectivity index is 1.79. The predicted molar refractivity (Wildman–Crippen MR) is 63.2 cm³/mol. The summed E-state index contributed by atoms with van der Waals surface area (Å²) < 4.78 is 10.1. The summed E-state index contributed by atoms with van der Waals surface area (Å²) in [6.07, 6.45) is 1.20.